The number of rotatable bonds is 8. The number of aryl methyl sites for hydroxylation is 1. The Morgan fingerprint density at radius 1 is 1.14 bits per heavy atom. The molecule has 0 radical (unpaired) electrons. The number of aromatic nitrogens is 3. The maximum absolute atomic E-state index is 14.3. The van der Waals surface area contributed by atoms with Gasteiger partial charge in [-0.05, 0) is 25.0 Å². The van der Waals surface area contributed by atoms with Crippen molar-refractivity contribution in [3.05, 3.63) is 94.8 Å². The monoisotopic (exact) mass is 603 g/mol. The van der Waals surface area contributed by atoms with Gasteiger partial charge in [-0.1, -0.05) is 60.7 Å². The first kappa shape index (κ1) is 28.3. The van der Waals surface area contributed by atoms with Crippen LogP contribution >= 0.6 is 23.5 Å². The van der Waals surface area contributed by atoms with Gasteiger partial charge in [0.2, 0.25) is 5.91 Å². The lowest BCUT2D eigenvalue weighted by atomic mass is 9.89. The highest BCUT2D eigenvalue weighted by molar-refractivity contribution is 8.00. The molecule has 42 heavy (non-hydrogen) atoms. The van der Waals surface area contributed by atoms with Gasteiger partial charge in [0.15, 0.2) is 11.8 Å². The van der Waals surface area contributed by atoms with Gasteiger partial charge in [0.25, 0.3) is 0 Å². The number of carbonyl (C=O) groups excluding carboxylic acids is 2. The molecule has 0 spiro atoms. The number of aromatic carboxylic acids is 1. The predicted molar refractivity (Wildman–Crippen MR) is 159 cm³/mol. The Labute approximate surface area is 250 Å². The number of carbonyl (C=O) groups is 3. The van der Waals surface area contributed by atoms with E-state index in [0.717, 1.165) is 16.7 Å². The minimum atomic E-state index is -1.12. The van der Waals surface area contributed by atoms with E-state index in [4.69, 9.17) is 10.5 Å². The average molecular weight is 604 g/mol. The largest absolute Gasteiger partial charge is 0.477 e. The van der Waals surface area contributed by atoms with E-state index in [1.807, 2.05) is 74.5 Å². The summed E-state index contributed by atoms with van der Waals surface area (Å²) in [6, 6.07) is 18.5. The second-order valence-corrected chi connectivity index (χ2v) is 12.7. The first-order valence-electron chi connectivity index (χ1n) is 13.4. The quantitative estimate of drug-likeness (QED) is 0.133. The molecule has 216 valence electrons. The Balaban J connectivity index is 1.36. The molecule has 2 aliphatic rings. The van der Waals surface area contributed by atoms with Gasteiger partial charge >= 0.3 is 11.9 Å². The number of benzene rings is 2. The molecule has 2 fully saturated rings. The maximum atomic E-state index is 14.3. The number of esters is 1. The Bertz CT molecular complexity index is 1640. The molecule has 12 heteroatoms. The zero-order valence-electron chi connectivity index (χ0n) is 23.0. The highest BCUT2D eigenvalue weighted by Crippen LogP contribution is 2.46. The van der Waals surface area contributed by atoms with Crippen molar-refractivity contribution in [3.8, 4) is 0 Å². The number of β-lactam (4-membered cyclic amide) rings is 1. The summed E-state index contributed by atoms with van der Waals surface area (Å²) in [5, 5.41) is 14.5. The van der Waals surface area contributed by atoms with Gasteiger partial charge in [-0.15, -0.1) is 23.5 Å². The number of nitrogens with two attached hydrogens (primary N) is 1. The van der Waals surface area contributed by atoms with E-state index in [0.29, 0.717) is 16.5 Å². The minimum absolute atomic E-state index is 0.00105. The lowest BCUT2D eigenvalue weighted by Crippen LogP contribution is -2.72. The maximum Gasteiger partial charge on any atom is 0.341 e. The molecule has 0 aliphatic carbocycles. The molecule has 3 N–H and O–H groups in total. The van der Waals surface area contributed by atoms with Crippen LogP contribution in [0.1, 0.15) is 38.8 Å². The van der Waals surface area contributed by atoms with Crippen LogP contribution in [0.5, 0.6) is 0 Å². The summed E-state index contributed by atoms with van der Waals surface area (Å²) >= 11 is 2.87. The SMILES string of the molecule is Cc1nc2c(C(=O)O)cnn2c(SCC2(C(=O)OC(c3ccccc3)c3ccccc3)CS[C@@H]3C(N)C(=O)N3C2)c1C. The molecule has 10 nitrogen and oxygen atoms in total. The van der Waals surface area contributed by atoms with Crippen LogP contribution in [0.3, 0.4) is 0 Å². The molecule has 2 aromatic carbocycles. The van der Waals surface area contributed by atoms with Gasteiger partial charge in [0.1, 0.15) is 27.4 Å². The fraction of sp³-hybridized carbons (Fsp3) is 0.300. The highest BCUT2D eigenvalue weighted by Gasteiger charge is 2.56. The summed E-state index contributed by atoms with van der Waals surface area (Å²) in [7, 11) is 0. The Morgan fingerprint density at radius 3 is 2.40 bits per heavy atom. The number of fused-ring (bicyclic) bond motifs is 2. The van der Waals surface area contributed by atoms with E-state index in [2.05, 4.69) is 10.1 Å². The average Bonchev–Trinajstić information content (AvgIpc) is 3.44. The van der Waals surface area contributed by atoms with E-state index < -0.39 is 29.5 Å². The van der Waals surface area contributed by atoms with Crippen molar-refractivity contribution in [2.45, 2.75) is 36.4 Å². The minimum Gasteiger partial charge on any atom is -0.477 e. The van der Waals surface area contributed by atoms with Gasteiger partial charge in [-0.25, -0.2) is 14.3 Å². The van der Waals surface area contributed by atoms with Crippen LogP contribution in [0, 0.1) is 19.3 Å². The Hall–Kier alpha value is -3.87. The number of ether oxygens (including phenoxy) is 1. The normalized spacial score (nSPS) is 21.7. The van der Waals surface area contributed by atoms with Gasteiger partial charge < -0.3 is 20.5 Å². The summed E-state index contributed by atoms with van der Waals surface area (Å²) in [5.74, 6) is -1.05. The van der Waals surface area contributed by atoms with Gasteiger partial charge in [0.05, 0.1) is 6.20 Å². The van der Waals surface area contributed by atoms with Gasteiger partial charge in [0, 0.05) is 29.3 Å². The number of carboxylic acids is 1. The summed E-state index contributed by atoms with van der Waals surface area (Å²) in [6.45, 7) is 3.88. The summed E-state index contributed by atoms with van der Waals surface area (Å²) in [6.07, 6.45) is 0.642. The van der Waals surface area contributed by atoms with Crippen LogP contribution in [0.4, 0.5) is 0 Å². The molecular formula is C30H29N5O5S2. The van der Waals surface area contributed by atoms with Crippen LogP contribution in [-0.4, -0.2) is 71.9 Å². The van der Waals surface area contributed by atoms with Crippen molar-refractivity contribution in [1.29, 1.82) is 0 Å². The van der Waals surface area contributed by atoms with Crippen molar-refractivity contribution < 1.29 is 24.2 Å². The van der Waals surface area contributed by atoms with Gasteiger partial charge in [-0.2, -0.15) is 5.10 Å². The highest BCUT2D eigenvalue weighted by atomic mass is 32.2. The third-order valence-electron chi connectivity index (χ3n) is 7.84. The van der Waals surface area contributed by atoms with Crippen molar-refractivity contribution in [1.82, 2.24) is 19.5 Å². The number of thioether (sulfide) groups is 2. The first-order valence-corrected chi connectivity index (χ1v) is 15.4. The molecule has 2 aromatic heterocycles. The van der Waals surface area contributed by atoms with Gasteiger partial charge in [-0.3, -0.25) is 9.59 Å². The lowest BCUT2D eigenvalue weighted by molar-refractivity contribution is -0.163. The number of carboxylic acid groups (broad SMARTS) is 1. The summed E-state index contributed by atoms with van der Waals surface area (Å²) in [5.41, 5.74) is 8.40. The lowest BCUT2D eigenvalue weighted by Gasteiger charge is -2.53. The third kappa shape index (κ3) is 4.83. The first-order chi connectivity index (χ1) is 20.2. The second kappa shape index (κ2) is 11.1. The molecule has 0 bridgehead atoms. The summed E-state index contributed by atoms with van der Waals surface area (Å²) in [4.78, 5) is 45.0. The fourth-order valence-corrected chi connectivity index (χ4v) is 8.25. The predicted octanol–water partition coefficient (Wildman–Crippen LogP) is 3.70. The van der Waals surface area contributed by atoms with E-state index in [9.17, 15) is 19.5 Å². The number of hydrogen-bond acceptors (Lipinski definition) is 9. The molecule has 2 saturated heterocycles. The molecular weight excluding hydrogens is 574 g/mol. The number of hydrogen-bond donors (Lipinski definition) is 2. The standard InChI is InChI=1S/C30H29N5O5S2/c1-17-18(2)33-24-21(28(37)38)13-32-35(24)26(17)41-15-30(14-34-25(36)22(31)27(34)42-16-30)29(39)40-23(19-9-5-3-6-10-19)20-11-7-4-8-12-20/h3-13,22-23,27H,14-16,31H2,1-2H3,(H,37,38)/t22?,27-,30?/m1/s1. The van der Waals surface area contributed by atoms with E-state index >= 15 is 0 Å². The summed E-state index contributed by atoms with van der Waals surface area (Å²) < 4.78 is 7.86. The van der Waals surface area contributed by atoms with Crippen LogP contribution in [0.2, 0.25) is 0 Å². The van der Waals surface area contributed by atoms with Crippen LogP contribution in [0.15, 0.2) is 71.9 Å². The Kier molecular flexibility index (Phi) is 7.46. The molecule has 0 saturated carbocycles. The molecule has 4 heterocycles. The number of nitrogens with zero attached hydrogens (tertiary/aromatic N) is 4. The Morgan fingerprint density at radius 2 is 1.79 bits per heavy atom. The molecule has 6 rings (SSSR count). The van der Waals surface area contributed by atoms with Crippen molar-refractivity contribution >= 4 is 47.0 Å². The molecule has 2 aliphatic heterocycles. The van der Waals surface area contributed by atoms with Crippen molar-refractivity contribution in [2.24, 2.45) is 11.1 Å². The van der Waals surface area contributed by atoms with Crippen LogP contribution < -0.4 is 5.73 Å². The smallest absolute Gasteiger partial charge is 0.341 e. The molecule has 2 unspecified atom stereocenters. The fourth-order valence-electron chi connectivity index (χ4n) is 5.30. The van der Waals surface area contributed by atoms with Crippen molar-refractivity contribution in [3.63, 3.8) is 0 Å². The van der Waals surface area contributed by atoms with E-state index in [1.54, 1.807) is 4.90 Å². The topological polar surface area (TPSA) is 140 Å². The van der Waals surface area contributed by atoms with E-state index in [1.165, 1.54) is 34.2 Å². The number of amides is 1. The zero-order valence-corrected chi connectivity index (χ0v) is 24.6. The second-order valence-electron chi connectivity index (χ2n) is 10.6. The third-order valence-corrected chi connectivity index (χ3v) is 10.9. The van der Waals surface area contributed by atoms with E-state index in [-0.39, 0.29) is 34.8 Å². The molecule has 1 amide bonds. The van der Waals surface area contributed by atoms with Crippen molar-refractivity contribution in [2.75, 3.05) is 18.1 Å². The van der Waals surface area contributed by atoms with Crippen LogP contribution in [0.25, 0.3) is 5.65 Å². The zero-order chi connectivity index (χ0) is 29.6. The molecule has 4 aromatic rings. The molecule has 3 atom stereocenters. The van der Waals surface area contributed by atoms with Crippen LogP contribution in [-0.2, 0) is 14.3 Å².